The average Bonchev–Trinajstić information content (AvgIpc) is 2.45. The number of piperazine rings is 1. The lowest BCUT2D eigenvalue weighted by Gasteiger charge is -2.28. The Kier molecular flexibility index (Phi) is 4.74. The summed E-state index contributed by atoms with van der Waals surface area (Å²) in [4.78, 5) is 17.9. The van der Waals surface area contributed by atoms with Gasteiger partial charge in [-0.25, -0.2) is 0 Å². The summed E-state index contributed by atoms with van der Waals surface area (Å²) in [5.41, 5.74) is 2.06. The summed E-state index contributed by atoms with van der Waals surface area (Å²) in [7, 11) is 0. The number of pyridine rings is 1. The molecule has 1 saturated heterocycles. The molecule has 1 aliphatic rings. The number of amides is 1. The molecule has 0 saturated carbocycles. The van der Waals surface area contributed by atoms with Gasteiger partial charge in [-0.15, -0.1) is 0 Å². The number of anilines is 1. The molecule has 104 valence electrons. The van der Waals surface area contributed by atoms with Crippen molar-refractivity contribution in [1.82, 2.24) is 15.6 Å². The van der Waals surface area contributed by atoms with Crippen LogP contribution >= 0.6 is 0 Å². The van der Waals surface area contributed by atoms with Crippen molar-refractivity contribution in [2.75, 3.05) is 31.1 Å². The van der Waals surface area contributed by atoms with E-state index in [9.17, 15) is 4.79 Å². The lowest BCUT2D eigenvalue weighted by Crippen LogP contribution is -2.47. The highest BCUT2D eigenvalue weighted by molar-refractivity contribution is 5.82. The van der Waals surface area contributed by atoms with Gasteiger partial charge in [-0.2, -0.15) is 0 Å². The van der Waals surface area contributed by atoms with Crippen LogP contribution in [0.25, 0.3) is 0 Å². The van der Waals surface area contributed by atoms with Gasteiger partial charge < -0.3 is 15.5 Å². The fourth-order valence-corrected chi connectivity index (χ4v) is 2.17. The van der Waals surface area contributed by atoms with Crippen LogP contribution in [0.15, 0.2) is 18.3 Å². The monoisotopic (exact) mass is 262 g/mol. The highest BCUT2D eigenvalue weighted by atomic mass is 16.2. The van der Waals surface area contributed by atoms with Crippen molar-refractivity contribution in [3.63, 3.8) is 0 Å². The van der Waals surface area contributed by atoms with E-state index in [0.717, 1.165) is 30.9 Å². The number of carbonyl (C=O) groups is 1. The number of hydrogen-bond donors (Lipinski definition) is 2. The molecule has 0 aromatic carbocycles. The van der Waals surface area contributed by atoms with Gasteiger partial charge in [0.2, 0.25) is 5.91 Å². The highest BCUT2D eigenvalue weighted by Gasteiger charge is 2.16. The van der Waals surface area contributed by atoms with E-state index < -0.39 is 0 Å². The second-order valence-corrected chi connectivity index (χ2v) is 4.89. The minimum atomic E-state index is 0.0771. The number of hydrogen-bond acceptors (Lipinski definition) is 4. The molecule has 5 heteroatoms. The molecule has 1 amide bonds. The largest absolute Gasteiger partial charge is 0.359 e. The minimum absolute atomic E-state index is 0.0771. The molecule has 1 aromatic rings. The molecule has 5 nitrogen and oxygen atoms in total. The maximum Gasteiger partial charge on any atom is 0.239 e. The molecule has 2 heterocycles. The molecule has 2 rings (SSSR count). The first-order valence-corrected chi connectivity index (χ1v) is 6.91. The van der Waals surface area contributed by atoms with Crippen LogP contribution < -0.4 is 15.5 Å². The molecule has 1 aliphatic heterocycles. The summed E-state index contributed by atoms with van der Waals surface area (Å²) in [6.07, 6.45) is 2.98. The Labute approximate surface area is 114 Å². The summed E-state index contributed by atoms with van der Waals surface area (Å²) in [6.45, 7) is 7.23. The third-order valence-corrected chi connectivity index (χ3v) is 3.32. The van der Waals surface area contributed by atoms with Gasteiger partial charge in [-0.05, 0) is 32.0 Å². The minimum Gasteiger partial charge on any atom is -0.359 e. The Hall–Kier alpha value is -1.62. The summed E-state index contributed by atoms with van der Waals surface area (Å²) >= 11 is 0. The van der Waals surface area contributed by atoms with Crippen LogP contribution in [0.4, 0.5) is 5.69 Å². The summed E-state index contributed by atoms with van der Waals surface area (Å²) in [5, 5.41) is 6.24. The van der Waals surface area contributed by atoms with Crippen molar-refractivity contribution in [3.8, 4) is 0 Å². The SMILES string of the molecule is CCCNC(C)c1ccc(N2CCNC(=O)C2)cn1. The quantitative estimate of drug-likeness (QED) is 0.833. The van der Waals surface area contributed by atoms with E-state index >= 15 is 0 Å². The van der Waals surface area contributed by atoms with Crippen molar-refractivity contribution < 1.29 is 4.79 Å². The van der Waals surface area contributed by atoms with Gasteiger partial charge >= 0.3 is 0 Å². The zero-order valence-electron chi connectivity index (χ0n) is 11.6. The molecule has 1 fully saturated rings. The molecule has 1 unspecified atom stereocenters. The van der Waals surface area contributed by atoms with Crippen molar-refractivity contribution in [2.45, 2.75) is 26.3 Å². The van der Waals surface area contributed by atoms with Crippen LogP contribution in [0.1, 0.15) is 32.0 Å². The maximum absolute atomic E-state index is 11.4. The molecular formula is C14H22N4O. The Morgan fingerprint density at radius 1 is 1.53 bits per heavy atom. The average molecular weight is 262 g/mol. The fourth-order valence-electron chi connectivity index (χ4n) is 2.17. The van der Waals surface area contributed by atoms with E-state index in [1.54, 1.807) is 0 Å². The Morgan fingerprint density at radius 3 is 3.00 bits per heavy atom. The summed E-state index contributed by atoms with van der Waals surface area (Å²) in [6, 6.07) is 4.35. The molecule has 0 aliphatic carbocycles. The van der Waals surface area contributed by atoms with Crippen molar-refractivity contribution in [3.05, 3.63) is 24.0 Å². The molecule has 0 radical (unpaired) electrons. The summed E-state index contributed by atoms with van der Waals surface area (Å²) < 4.78 is 0. The van der Waals surface area contributed by atoms with Crippen LogP contribution in [0.3, 0.4) is 0 Å². The molecule has 2 N–H and O–H groups in total. The highest BCUT2D eigenvalue weighted by Crippen LogP contribution is 2.17. The third-order valence-electron chi connectivity index (χ3n) is 3.32. The van der Waals surface area contributed by atoms with E-state index in [4.69, 9.17) is 0 Å². The van der Waals surface area contributed by atoms with E-state index in [2.05, 4.69) is 34.4 Å². The fraction of sp³-hybridized carbons (Fsp3) is 0.571. The van der Waals surface area contributed by atoms with Gasteiger partial charge in [0.25, 0.3) is 0 Å². The van der Waals surface area contributed by atoms with Crippen molar-refractivity contribution >= 4 is 11.6 Å². The number of carbonyl (C=O) groups excluding carboxylic acids is 1. The predicted octanol–water partition coefficient (Wildman–Crippen LogP) is 1.08. The zero-order valence-corrected chi connectivity index (χ0v) is 11.6. The van der Waals surface area contributed by atoms with Gasteiger partial charge in [0.05, 0.1) is 24.1 Å². The van der Waals surface area contributed by atoms with Gasteiger partial charge in [0.15, 0.2) is 0 Å². The van der Waals surface area contributed by atoms with Crippen LogP contribution in [0, 0.1) is 0 Å². The van der Waals surface area contributed by atoms with Gasteiger partial charge in [-0.1, -0.05) is 6.92 Å². The molecule has 0 bridgehead atoms. The first kappa shape index (κ1) is 13.8. The van der Waals surface area contributed by atoms with E-state index in [1.807, 2.05) is 18.3 Å². The lowest BCUT2D eigenvalue weighted by molar-refractivity contribution is -0.120. The molecule has 0 spiro atoms. The van der Waals surface area contributed by atoms with Gasteiger partial charge in [-0.3, -0.25) is 9.78 Å². The maximum atomic E-state index is 11.4. The first-order valence-electron chi connectivity index (χ1n) is 6.91. The predicted molar refractivity (Wildman–Crippen MR) is 76.2 cm³/mol. The van der Waals surface area contributed by atoms with E-state index in [0.29, 0.717) is 13.1 Å². The van der Waals surface area contributed by atoms with Gasteiger partial charge in [0, 0.05) is 19.1 Å². The van der Waals surface area contributed by atoms with Crippen LogP contribution in [-0.4, -0.2) is 37.1 Å². The van der Waals surface area contributed by atoms with E-state index in [1.165, 1.54) is 0 Å². The number of rotatable bonds is 5. The van der Waals surface area contributed by atoms with Crippen molar-refractivity contribution in [2.24, 2.45) is 0 Å². The third kappa shape index (κ3) is 3.67. The number of aromatic nitrogens is 1. The molecular weight excluding hydrogens is 240 g/mol. The first-order chi connectivity index (χ1) is 9.20. The van der Waals surface area contributed by atoms with Crippen molar-refractivity contribution in [1.29, 1.82) is 0 Å². The normalized spacial score (nSPS) is 17.2. The Balaban J connectivity index is 1.99. The molecule has 1 atom stereocenters. The standard InChI is InChI=1S/C14H22N4O/c1-3-6-15-11(2)13-5-4-12(9-17-13)18-8-7-16-14(19)10-18/h4-5,9,11,15H,3,6-8,10H2,1-2H3,(H,16,19). The van der Waals surface area contributed by atoms with Crippen LogP contribution in [-0.2, 0) is 4.79 Å². The van der Waals surface area contributed by atoms with Gasteiger partial charge in [0.1, 0.15) is 0 Å². The lowest BCUT2D eigenvalue weighted by atomic mass is 10.2. The smallest absolute Gasteiger partial charge is 0.239 e. The van der Waals surface area contributed by atoms with E-state index in [-0.39, 0.29) is 11.9 Å². The van der Waals surface area contributed by atoms with Crippen LogP contribution in [0.2, 0.25) is 0 Å². The number of nitrogens with one attached hydrogen (secondary N) is 2. The second kappa shape index (κ2) is 6.52. The zero-order chi connectivity index (χ0) is 13.7. The van der Waals surface area contributed by atoms with Crippen LogP contribution in [0.5, 0.6) is 0 Å². The number of nitrogens with zero attached hydrogens (tertiary/aromatic N) is 2. The Bertz CT molecular complexity index is 418. The Morgan fingerprint density at radius 2 is 2.37 bits per heavy atom. The molecule has 19 heavy (non-hydrogen) atoms. The topological polar surface area (TPSA) is 57.3 Å². The second-order valence-electron chi connectivity index (χ2n) is 4.89. The molecule has 1 aromatic heterocycles. The summed E-state index contributed by atoms with van der Waals surface area (Å²) in [5.74, 6) is 0.0771.